The average Bonchev–Trinajstić information content (AvgIpc) is 2.78. The summed E-state index contributed by atoms with van der Waals surface area (Å²) in [5, 5.41) is 1.12. The molecule has 2 fully saturated rings. The fraction of sp³-hybridized carbons (Fsp3) is 0.733. The van der Waals surface area contributed by atoms with E-state index < -0.39 is 40.3 Å². The molecule has 2 bridgehead atoms. The molecule has 0 aromatic heterocycles. The van der Waals surface area contributed by atoms with Crippen LogP contribution in [0.5, 0.6) is 0 Å². The van der Waals surface area contributed by atoms with Crippen LogP contribution in [-0.2, 0) is 33.2 Å². The lowest BCUT2D eigenvalue weighted by atomic mass is 9.95. The second-order valence-corrected chi connectivity index (χ2v) is 8.09. The van der Waals surface area contributed by atoms with Crippen molar-refractivity contribution in [2.24, 2.45) is 11.1 Å². The summed E-state index contributed by atoms with van der Waals surface area (Å²) in [5.74, 6) is -0.845. The predicted molar refractivity (Wildman–Crippen MR) is 90.1 cm³/mol. The van der Waals surface area contributed by atoms with Gasteiger partial charge in [0.1, 0.15) is 11.9 Å². The van der Waals surface area contributed by atoms with E-state index in [0.717, 1.165) is 5.06 Å². The third-order valence-electron chi connectivity index (χ3n) is 4.37. The highest BCUT2D eigenvalue weighted by molar-refractivity contribution is 7.81. The van der Waals surface area contributed by atoms with Gasteiger partial charge in [-0.05, 0) is 33.6 Å². The van der Waals surface area contributed by atoms with Gasteiger partial charge in [-0.25, -0.2) is 9.25 Å². The number of ether oxygens (including phenoxy) is 1. The van der Waals surface area contributed by atoms with Crippen LogP contribution in [0.25, 0.3) is 0 Å². The smallest absolute Gasteiger partial charge is 0.421 e. The maximum absolute atomic E-state index is 12.2. The largest absolute Gasteiger partial charge is 0.466 e. The quantitative estimate of drug-likeness (QED) is 0.563. The lowest BCUT2D eigenvalue weighted by Crippen LogP contribution is -2.46. The number of primary amides is 1. The molecule has 26 heavy (non-hydrogen) atoms. The van der Waals surface area contributed by atoms with E-state index in [-0.39, 0.29) is 18.5 Å². The van der Waals surface area contributed by atoms with Crippen molar-refractivity contribution >= 4 is 22.3 Å². The van der Waals surface area contributed by atoms with Gasteiger partial charge in [0, 0.05) is 6.54 Å². The zero-order valence-electron chi connectivity index (χ0n) is 15.1. The average molecular weight is 391 g/mol. The predicted octanol–water partition coefficient (Wildman–Crippen LogP) is -0.126. The van der Waals surface area contributed by atoms with Crippen molar-refractivity contribution in [2.75, 3.05) is 19.8 Å². The van der Waals surface area contributed by atoms with Gasteiger partial charge in [0.15, 0.2) is 0 Å². The summed E-state index contributed by atoms with van der Waals surface area (Å²) in [4.78, 5) is 24.9. The molecule has 2 heterocycles. The first-order valence-electron chi connectivity index (χ1n) is 8.29. The van der Waals surface area contributed by atoms with Crippen molar-refractivity contribution in [3.05, 3.63) is 12.4 Å². The summed E-state index contributed by atoms with van der Waals surface area (Å²) in [6.07, 6.45) is 1.00. The van der Waals surface area contributed by atoms with Crippen LogP contribution in [0.2, 0.25) is 0 Å². The SMILES string of the molecule is C=C1N2C[C@@H](CC[C@H]2C(N)=O)N1OS(=O)(=O)OCC(C)(C)C(=O)OCC. The fourth-order valence-electron chi connectivity index (χ4n) is 2.89. The molecule has 0 aromatic rings. The first-order chi connectivity index (χ1) is 12.0. The molecule has 0 spiro atoms. The fourth-order valence-corrected chi connectivity index (χ4v) is 3.78. The van der Waals surface area contributed by atoms with Crippen LogP contribution in [0, 0.1) is 5.41 Å². The molecular weight excluding hydrogens is 366 g/mol. The van der Waals surface area contributed by atoms with Crippen molar-refractivity contribution in [1.29, 1.82) is 0 Å². The van der Waals surface area contributed by atoms with Gasteiger partial charge in [-0.2, -0.15) is 8.42 Å². The minimum atomic E-state index is -4.44. The minimum absolute atomic E-state index is 0.178. The van der Waals surface area contributed by atoms with Crippen LogP contribution in [0.4, 0.5) is 0 Å². The lowest BCUT2D eigenvalue weighted by Gasteiger charge is -2.29. The van der Waals surface area contributed by atoms with Crippen molar-refractivity contribution in [2.45, 2.75) is 45.7 Å². The third-order valence-corrected chi connectivity index (χ3v) is 5.12. The van der Waals surface area contributed by atoms with Gasteiger partial charge in [0.05, 0.1) is 24.7 Å². The number of nitrogens with zero attached hydrogens (tertiary/aromatic N) is 2. The van der Waals surface area contributed by atoms with Crippen LogP contribution < -0.4 is 5.73 Å². The van der Waals surface area contributed by atoms with E-state index in [4.69, 9.17) is 18.9 Å². The van der Waals surface area contributed by atoms with E-state index in [9.17, 15) is 18.0 Å². The second-order valence-electron chi connectivity index (χ2n) is 6.89. The molecule has 2 aliphatic rings. The third kappa shape index (κ3) is 4.27. The Balaban J connectivity index is 2.00. The van der Waals surface area contributed by atoms with Crippen LogP contribution >= 0.6 is 0 Å². The van der Waals surface area contributed by atoms with Gasteiger partial charge >= 0.3 is 16.4 Å². The van der Waals surface area contributed by atoms with Gasteiger partial charge in [-0.1, -0.05) is 6.58 Å². The first kappa shape index (κ1) is 20.5. The molecule has 1 amide bonds. The summed E-state index contributed by atoms with van der Waals surface area (Å²) in [6, 6.07) is -0.826. The number of hydrogen-bond donors (Lipinski definition) is 1. The maximum atomic E-state index is 12.2. The Morgan fingerprint density at radius 3 is 2.58 bits per heavy atom. The lowest BCUT2D eigenvalue weighted by molar-refractivity contribution is -0.155. The van der Waals surface area contributed by atoms with Crippen LogP contribution in [0.15, 0.2) is 12.4 Å². The van der Waals surface area contributed by atoms with E-state index in [1.165, 1.54) is 13.8 Å². The molecule has 2 aliphatic heterocycles. The number of fused-ring (bicyclic) bond motifs is 2. The molecule has 2 N–H and O–H groups in total. The molecule has 2 saturated heterocycles. The molecule has 0 radical (unpaired) electrons. The highest BCUT2D eigenvalue weighted by Gasteiger charge is 2.45. The Kier molecular flexibility index (Phi) is 5.83. The summed E-state index contributed by atoms with van der Waals surface area (Å²) in [5.41, 5.74) is 4.21. The van der Waals surface area contributed by atoms with E-state index in [0.29, 0.717) is 19.4 Å². The number of hydroxylamine groups is 2. The van der Waals surface area contributed by atoms with Gasteiger partial charge in [-0.3, -0.25) is 9.59 Å². The Bertz CT molecular complexity index is 691. The van der Waals surface area contributed by atoms with Crippen molar-refractivity contribution in [3.8, 4) is 0 Å². The molecule has 0 aromatic carbocycles. The molecule has 10 nitrogen and oxygen atoms in total. The van der Waals surface area contributed by atoms with E-state index >= 15 is 0 Å². The summed E-state index contributed by atoms with van der Waals surface area (Å²) >= 11 is 0. The number of carbonyl (C=O) groups excluding carboxylic acids is 2. The van der Waals surface area contributed by atoms with Gasteiger partial charge < -0.3 is 15.4 Å². The van der Waals surface area contributed by atoms with Gasteiger partial charge in [0.2, 0.25) is 5.91 Å². The molecular formula is C15H25N3O7S. The van der Waals surface area contributed by atoms with E-state index in [1.54, 1.807) is 11.8 Å². The number of hydrogen-bond acceptors (Lipinski definition) is 9. The van der Waals surface area contributed by atoms with E-state index in [1.807, 2.05) is 0 Å². The maximum Gasteiger partial charge on any atom is 0.421 e. The summed E-state index contributed by atoms with van der Waals surface area (Å²) < 4.78 is 39.1. The molecule has 0 unspecified atom stereocenters. The van der Waals surface area contributed by atoms with Gasteiger partial charge in [0.25, 0.3) is 0 Å². The van der Waals surface area contributed by atoms with Crippen molar-refractivity contribution in [3.63, 3.8) is 0 Å². The Hall–Kier alpha value is -1.85. The number of nitrogens with two attached hydrogens (primary N) is 1. The summed E-state index contributed by atoms with van der Waals surface area (Å²) in [6.45, 7) is 8.57. The Labute approximate surface area is 153 Å². The van der Waals surface area contributed by atoms with Crippen molar-refractivity contribution < 1.29 is 31.2 Å². The monoisotopic (exact) mass is 391 g/mol. The standard InChI is InChI=1S/C15H25N3O7S/c1-5-23-14(20)15(3,4)9-24-26(21,22)25-18-10(2)17-8-11(18)6-7-12(17)13(16)19/h11-12H,2,5-9H2,1,3-4H3,(H2,16,19)/t11-,12+/m1/s1. The molecule has 0 aliphatic carbocycles. The highest BCUT2D eigenvalue weighted by atomic mass is 32.3. The highest BCUT2D eigenvalue weighted by Crippen LogP contribution is 2.35. The number of piperidine rings is 1. The van der Waals surface area contributed by atoms with Crippen LogP contribution in [0.3, 0.4) is 0 Å². The molecule has 11 heteroatoms. The first-order valence-corrected chi connectivity index (χ1v) is 9.62. The number of rotatable bonds is 8. The Morgan fingerprint density at radius 2 is 2.00 bits per heavy atom. The summed E-state index contributed by atoms with van der Waals surface area (Å²) in [7, 11) is -4.44. The minimum Gasteiger partial charge on any atom is -0.466 e. The van der Waals surface area contributed by atoms with Crippen LogP contribution in [-0.4, -0.2) is 62.1 Å². The zero-order valence-corrected chi connectivity index (χ0v) is 16.0. The normalized spacial score (nSPS) is 23.3. The Morgan fingerprint density at radius 1 is 1.35 bits per heavy atom. The van der Waals surface area contributed by atoms with E-state index in [2.05, 4.69) is 6.58 Å². The van der Waals surface area contributed by atoms with Gasteiger partial charge in [-0.15, -0.1) is 4.28 Å². The topological polar surface area (TPSA) is 128 Å². The molecule has 0 saturated carbocycles. The molecule has 2 rings (SSSR count). The second kappa shape index (κ2) is 7.41. The number of esters is 1. The molecule has 2 atom stereocenters. The number of carbonyl (C=O) groups is 2. The zero-order chi connectivity index (χ0) is 19.7. The van der Waals surface area contributed by atoms with Crippen molar-refractivity contribution in [1.82, 2.24) is 9.96 Å². The molecule has 148 valence electrons. The van der Waals surface area contributed by atoms with Crippen LogP contribution in [0.1, 0.15) is 33.6 Å². The number of amides is 1.